The van der Waals surface area contributed by atoms with E-state index in [0.29, 0.717) is 17.1 Å². The van der Waals surface area contributed by atoms with Gasteiger partial charge in [-0.25, -0.2) is 9.82 Å². The van der Waals surface area contributed by atoms with E-state index in [1.165, 1.54) is 12.1 Å². The van der Waals surface area contributed by atoms with Gasteiger partial charge in [-0.05, 0) is 37.6 Å². The third-order valence-corrected chi connectivity index (χ3v) is 3.76. The number of halogens is 1. The van der Waals surface area contributed by atoms with Gasteiger partial charge in [0.25, 0.3) is 5.91 Å². The first-order chi connectivity index (χ1) is 12.0. The molecule has 3 aromatic rings. The highest BCUT2D eigenvalue weighted by molar-refractivity contribution is 6.00. The van der Waals surface area contributed by atoms with Gasteiger partial charge in [-0.3, -0.25) is 9.89 Å². The van der Waals surface area contributed by atoms with Crippen LogP contribution >= 0.6 is 0 Å². The van der Waals surface area contributed by atoms with Crippen LogP contribution in [-0.2, 0) is 0 Å². The predicted molar refractivity (Wildman–Crippen MR) is 94.8 cm³/mol. The second kappa shape index (κ2) is 7.09. The fraction of sp³-hybridized carbons (Fsp3) is 0.105. The highest BCUT2D eigenvalue weighted by Gasteiger charge is 2.10. The number of rotatable bonds is 4. The maximum Gasteiger partial charge on any atom is 0.289 e. The number of nitrogens with zero attached hydrogens (tertiary/aromatic N) is 2. The maximum absolute atomic E-state index is 12.9. The summed E-state index contributed by atoms with van der Waals surface area (Å²) >= 11 is 0. The standard InChI is InChI=1S/C19H17FN4O/c1-12-3-5-15(6-4-12)17-11-18(23-22-17)19(25)24-21-13(2)14-7-9-16(20)10-8-14/h3-11H,1-2H3,(H,22,23)(H,24,25). The van der Waals surface area contributed by atoms with E-state index >= 15 is 0 Å². The summed E-state index contributed by atoms with van der Waals surface area (Å²) in [6, 6.07) is 15.4. The highest BCUT2D eigenvalue weighted by atomic mass is 19.1. The van der Waals surface area contributed by atoms with Crippen molar-refractivity contribution in [3.8, 4) is 11.3 Å². The summed E-state index contributed by atoms with van der Waals surface area (Å²) in [6.07, 6.45) is 0. The number of carbonyl (C=O) groups is 1. The molecular weight excluding hydrogens is 319 g/mol. The summed E-state index contributed by atoms with van der Waals surface area (Å²) in [4.78, 5) is 12.2. The van der Waals surface area contributed by atoms with Gasteiger partial charge in [0.1, 0.15) is 11.5 Å². The van der Waals surface area contributed by atoms with Crippen LogP contribution in [0.5, 0.6) is 0 Å². The van der Waals surface area contributed by atoms with Gasteiger partial charge in [-0.15, -0.1) is 0 Å². The van der Waals surface area contributed by atoms with Crippen LogP contribution in [0.3, 0.4) is 0 Å². The molecule has 0 spiro atoms. The van der Waals surface area contributed by atoms with Crippen molar-refractivity contribution in [2.24, 2.45) is 5.10 Å². The minimum atomic E-state index is -0.396. The van der Waals surface area contributed by atoms with E-state index in [9.17, 15) is 9.18 Å². The Morgan fingerprint density at radius 2 is 1.80 bits per heavy atom. The summed E-state index contributed by atoms with van der Waals surface area (Å²) in [7, 11) is 0. The zero-order chi connectivity index (χ0) is 17.8. The largest absolute Gasteiger partial charge is 0.289 e. The van der Waals surface area contributed by atoms with Crippen molar-refractivity contribution >= 4 is 11.6 Å². The molecule has 25 heavy (non-hydrogen) atoms. The molecule has 0 aliphatic heterocycles. The Labute approximate surface area is 144 Å². The van der Waals surface area contributed by atoms with Gasteiger partial charge in [0.15, 0.2) is 0 Å². The van der Waals surface area contributed by atoms with E-state index in [0.717, 1.165) is 16.7 Å². The molecule has 0 unspecified atom stereocenters. The van der Waals surface area contributed by atoms with Gasteiger partial charge in [-0.2, -0.15) is 10.2 Å². The molecule has 0 atom stereocenters. The molecule has 2 aromatic carbocycles. The van der Waals surface area contributed by atoms with E-state index in [-0.39, 0.29) is 5.82 Å². The Bertz CT molecular complexity index is 911. The number of carbonyl (C=O) groups excluding carboxylic acids is 1. The molecule has 0 radical (unpaired) electrons. The molecular formula is C19H17FN4O. The third-order valence-electron chi connectivity index (χ3n) is 3.76. The van der Waals surface area contributed by atoms with E-state index < -0.39 is 5.91 Å². The van der Waals surface area contributed by atoms with Crippen molar-refractivity contribution in [1.29, 1.82) is 0 Å². The SMILES string of the molecule is CC(=NNC(=O)c1cc(-c2ccc(C)cc2)n[nH]1)c1ccc(F)cc1. The van der Waals surface area contributed by atoms with Crippen molar-refractivity contribution in [3.05, 3.63) is 77.2 Å². The number of H-pyrrole nitrogens is 1. The Balaban J connectivity index is 1.70. The molecule has 1 amide bonds. The molecule has 0 aliphatic carbocycles. The fourth-order valence-corrected chi connectivity index (χ4v) is 2.26. The van der Waals surface area contributed by atoms with Crippen molar-refractivity contribution in [3.63, 3.8) is 0 Å². The molecule has 3 rings (SSSR count). The lowest BCUT2D eigenvalue weighted by atomic mass is 10.1. The van der Waals surface area contributed by atoms with Crippen LogP contribution in [0, 0.1) is 12.7 Å². The van der Waals surface area contributed by atoms with Crippen molar-refractivity contribution in [2.45, 2.75) is 13.8 Å². The van der Waals surface area contributed by atoms with Crippen LogP contribution in [0.1, 0.15) is 28.5 Å². The second-order valence-corrected chi connectivity index (χ2v) is 5.68. The van der Waals surface area contributed by atoms with Crippen LogP contribution in [0.2, 0.25) is 0 Å². The smallest absolute Gasteiger partial charge is 0.272 e. The average molecular weight is 336 g/mol. The number of hydrazone groups is 1. The number of aromatic nitrogens is 2. The summed E-state index contributed by atoms with van der Waals surface area (Å²) in [5, 5.41) is 10.9. The zero-order valence-electron chi connectivity index (χ0n) is 13.9. The summed E-state index contributed by atoms with van der Waals surface area (Å²) in [5.74, 6) is -0.714. The Morgan fingerprint density at radius 1 is 1.12 bits per heavy atom. The highest BCUT2D eigenvalue weighted by Crippen LogP contribution is 2.18. The van der Waals surface area contributed by atoms with Gasteiger partial charge in [0.05, 0.1) is 11.4 Å². The molecule has 126 valence electrons. The number of nitrogens with one attached hydrogen (secondary N) is 2. The van der Waals surface area contributed by atoms with Crippen molar-refractivity contribution in [1.82, 2.24) is 15.6 Å². The van der Waals surface area contributed by atoms with Gasteiger partial charge in [-0.1, -0.05) is 42.0 Å². The molecule has 5 nitrogen and oxygen atoms in total. The first kappa shape index (κ1) is 16.6. The minimum Gasteiger partial charge on any atom is -0.272 e. The molecule has 2 N–H and O–H groups in total. The van der Waals surface area contributed by atoms with Crippen LogP contribution in [0.15, 0.2) is 59.7 Å². The maximum atomic E-state index is 12.9. The molecule has 0 aliphatic rings. The number of hydrogen-bond acceptors (Lipinski definition) is 3. The molecule has 1 heterocycles. The molecule has 0 bridgehead atoms. The molecule has 0 saturated heterocycles. The van der Waals surface area contributed by atoms with Crippen LogP contribution in [0.4, 0.5) is 4.39 Å². The lowest BCUT2D eigenvalue weighted by Gasteiger charge is -2.01. The average Bonchev–Trinajstić information content (AvgIpc) is 3.11. The number of hydrogen-bond donors (Lipinski definition) is 2. The fourth-order valence-electron chi connectivity index (χ4n) is 2.26. The molecule has 0 fully saturated rings. The van der Waals surface area contributed by atoms with Crippen LogP contribution in [-0.4, -0.2) is 21.8 Å². The topological polar surface area (TPSA) is 70.1 Å². The Kier molecular flexibility index (Phi) is 4.70. The van der Waals surface area contributed by atoms with Crippen molar-refractivity contribution in [2.75, 3.05) is 0 Å². The molecule has 6 heteroatoms. The van der Waals surface area contributed by atoms with Gasteiger partial charge >= 0.3 is 0 Å². The third kappa shape index (κ3) is 3.98. The lowest BCUT2D eigenvalue weighted by Crippen LogP contribution is -2.19. The van der Waals surface area contributed by atoms with E-state index in [1.807, 2.05) is 31.2 Å². The monoisotopic (exact) mass is 336 g/mol. The van der Waals surface area contributed by atoms with Gasteiger partial charge < -0.3 is 0 Å². The van der Waals surface area contributed by atoms with Gasteiger partial charge in [0, 0.05) is 5.56 Å². The first-order valence-corrected chi connectivity index (χ1v) is 7.76. The van der Waals surface area contributed by atoms with Crippen molar-refractivity contribution < 1.29 is 9.18 Å². The van der Waals surface area contributed by atoms with E-state index in [1.54, 1.807) is 25.1 Å². The number of benzene rings is 2. The minimum absolute atomic E-state index is 0.311. The Hall–Kier alpha value is -3.28. The van der Waals surface area contributed by atoms with Crippen LogP contribution < -0.4 is 5.43 Å². The van der Waals surface area contributed by atoms with Gasteiger partial charge in [0.2, 0.25) is 0 Å². The van der Waals surface area contributed by atoms with E-state index in [2.05, 4.69) is 20.7 Å². The number of amides is 1. The normalized spacial score (nSPS) is 11.4. The first-order valence-electron chi connectivity index (χ1n) is 7.76. The van der Waals surface area contributed by atoms with Crippen LogP contribution in [0.25, 0.3) is 11.3 Å². The summed E-state index contributed by atoms with van der Waals surface area (Å²) in [6.45, 7) is 3.74. The summed E-state index contributed by atoms with van der Waals surface area (Å²) < 4.78 is 12.9. The zero-order valence-corrected chi connectivity index (χ0v) is 13.9. The number of aryl methyl sites for hydroxylation is 1. The lowest BCUT2D eigenvalue weighted by molar-refractivity contribution is 0.0950. The van der Waals surface area contributed by atoms with E-state index in [4.69, 9.17) is 0 Å². The summed E-state index contributed by atoms with van der Waals surface area (Å²) in [5.41, 5.74) is 6.85. The Morgan fingerprint density at radius 3 is 2.48 bits per heavy atom. The predicted octanol–water partition coefficient (Wildman–Crippen LogP) is 3.68. The quantitative estimate of drug-likeness (QED) is 0.564. The second-order valence-electron chi connectivity index (χ2n) is 5.68. The molecule has 1 aromatic heterocycles. The number of aromatic amines is 1. The molecule has 0 saturated carbocycles.